The molecular weight excluding hydrogens is 266 g/mol. The Morgan fingerprint density at radius 1 is 1.47 bits per heavy atom. The van der Waals surface area contributed by atoms with E-state index in [-0.39, 0.29) is 6.04 Å². The molecule has 0 aliphatic carbocycles. The maximum atomic E-state index is 11.3. The summed E-state index contributed by atoms with van der Waals surface area (Å²) in [6.07, 6.45) is 3.28. The molecule has 3 N–H and O–H groups in total. The number of hydrogen-bond donors (Lipinski definition) is 2. The Labute approximate surface area is 115 Å². The minimum absolute atomic E-state index is 0.0166. The Morgan fingerprint density at radius 3 is 2.79 bits per heavy atom. The first-order valence-corrected chi connectivity index (χ1v) is 7.25. The van der Waals surface area contributed by atoms with Crippen LogP contribution in [0, 0.1) is 0 Å². The first kappa shape index (κ1) is 14.0. The Kier molecular flexibility index (Phi) is 4.86. The van der Waals surface area contributed by atoms with Crippen LogP contribution in [0.3, 0.4) is 0 Å². The van der Waals surface area contributed by atoms with Gasteiger partial charge in [0.05, 0.1) is 18.6 Å². The molecule has 1 aromatic rings. The smallest absolute Gasteiger partial charge is 0.309 e. The number of furan rings is 1. The molecule has 1 atom stereocenters. The third-order valence-corrected chi connectivity index (χ3v) is 4.04. The van der Waals surface area contributed by atoms with E-state index >= 15 is 0 Å². The Bertz CT molecular complexity index is 429. The zero-order chi connectivity index (χ0) is 13.7. The second kappa shape index (κ2) is 6.63. The summed E-state index contributed by atoms with van der Waals surface area (Å²) in [6.45, 7) is 2.26. The minimum atomic E-state index is -0.958. The monoisotopic (exact) mass is 283 g/mol. The van der Waals surface area contributed by atoms with Gasteiger partial charge >= 0.3 is 11.8 Å². The normalized spacial score (nSPS) is 17.9. The van der Waals surface area contributed by atoms with Gasteiger partial charge < -0.3 is 15.5 Å². The van der Waals surface area contributed by atoms with Gasteiger partial charge in [0.2, 0.25) is 0 Å². The molecule has 2 amide bonds. The van der Waals surface area contributed by atoms with Gasteiger partial charge in [-0.3, -0.25) is 14.5 Å². The molecule has 0 bridgehead atoms. The molecule has 1 fully saturated rings. The van der Waals surface area contributed by atoms with Gasteiger partial charge in [0.25, 0.3) is 0 Å². The summed E-state index contributed by atoms with van der Waals surface area (Å²) in [4.78, 5) is 24.3. The maximum absolute atomic E-state index is 11.3. The summed E-state index contributed by atoms with van der Waals surface area (Å²) >= 11 is 1.92. The quantitative estimate of drug-likeness (QED) is 0.758. The highest BCUT2D eigenvalue weighted by Crippen LogP contribution is 2.23. The number of hydrogen-bond acceptors (Lipinski definition) is 5. The molecule has 1 aromatic heterocycles. The zero-order valence-corrected chi connectivity index (χ0v) is 11.3. The third-order valence-electron chi connectivity index (χ3n) is 3.09. The summed E-state index contributed by atoms with van der Waals surface area (Å²) in [5.74, 6) is 0.427. The van der Waals surface area contributed by atoms with Crippen molar-refractivity contribution in [3.8, 4) is 0 Å². The summed E-state index contributed by atoms with van der Waals surface area (Å²) in [5.41, 5.74) is 5.93. The molecule has 1 saturated heterocycles. The van der Waals surface area contributed by atoms with Gasteiger partial charge in [0.1, 0.15) is 0 Å². The van der Waals surface area contributed by atoms with Crippen molar-refractivity contribution in [1.29, 1.82) is 0 Å². The lowest BCUT2D eigenvalue weighted by Gasteiger charge is -2.33. The maximum Gasteiger partial charge on any atom is 0.309 e. The van der Waals surface area contributed by atoms with Crippen LogP contribution in [0.25, 0.3) is 0 Å². The third kappa shape index (κ3) is 3.74. The van der Waals surface area contributed by atoms with E-state index in [1.807, 2.05) is 17.8 Å². The average Bonchev–Trinajstić information content (AvgIpc) is 2.94. The van der Waals surface area contributed by atoms with Gasteiger partial charge in [-0.05, 0) is 6.07 Å². The van der Waals surface area contributed by atoms with Gasteiger partial charge in [-0.1, -0.05) is 0 Å². The SMILES string of the molecule is NC(=O)C(=O)NCC(c1ccoc1)N1CCSCC1. The van der Waals surface area contributed by atoms with Crippen molar-refractivity contribution < 1.29 is 14.0 Å². The Morgan fingerprint density at radius 2 is 2.21 bits per heavy atom. The predicted molar refractivity (Wildman–Crippen MR) is 72.6 cm³/mol. The molecule has 2 rings (SSSR count). The van der Waals surface area contributed by atoms with E-state index in [1.165, 1.54) is 0 Å². The highest BCUT2D eigenvalue weighted by atomic mass is 32.2. The van der Waals surface area contributed by atoms with E-state index in [9.17, 15) is 9.59 Å². The number of primary amides is 1. The van der Waals surface area contributed by atoms with Crippen molar-refractivity contribution in [1.82, 2.24) is 10.2 Å². The van der Waals surface area contributed by atoms with E-state index in [4.69, 9.17) is 10.2 Å². The molecular formula is C12H17N3O3S. The van der Waals surface area contributed by atoms with Crippen molar-refractivity contribution >= 4 is 23.6 Å². The fraction of sp³-hybridized carbons (Fsp3) is 0.500. The van der Waals surface area contributed by atoms with Gasteiger partial charge in [0.15, 0.2) is 0 Å². The molecule has 0 spiro atoms. The number of nitrogens with two attached hydrogens (primary N) is 1. The molecule has 0 radical (unpaired) electrons. The lowest BCUT2D eigenvalue weighted by atomic mass is 10.1. The van der Waals surface area contributed by atoms with E-state index < -0.39 is 11.8 Å². The molecule has 1 aliphatic heterocycles. The first-order valence-electron chi connectivity index (χ1n) is 6.10. The van der Waals surface area contributed by atoms with Crippen LogP contribution in [0.5, 0.6) is 0 Å². The van der Waals surface area contributed by atoms with Gasteiger partial charge in [0, 0.05) is 36.7 Å². The van der Waals surface area contributed by atoms with Crippen LogP contribution in [-0.2, 0) is 9.59 Å². The second-order valence-corrected chi connectivity index (χ2v) is 5.52. The van der Waals surface area contributed by atoms with Gasteiger partial charge in [-0.2, -0.15) is 11.8 Å². The average molecular weight is 283 g/mol. The number of nitrogens with one attached hydrogen (secondary N) is 1. The van der Waals surface area contributed by atoms with E-state index in [0.717, 1.165) is 30.2 Å². The first-order chi connectivity index (χ1) is 9.18. The van der Waals surface area contributed by atoms with E-state index in [2.05, 4.69) is 10.2 Å². The molecule has 1 unspecified atom stereocenters. The minimum Gasteiger partial charge on any atom is -0.472 e. The van der Waals surface area contributed by atoms with E-state index in [0.29, 0.717) is 6.54 Å². The van der Waals surface area contributed by atoms with E-state index in [1.54, 1.807) is 12.5 Å². The number of carbonyl (C=O) groups excluding carboxylic acids is 2. The summed E-state index contributed by atoms with van der Waals surface area (Å²) < 4.78 is 5.10. The molecule has 0 saturated carbocycles. The fourth-order valence-corrected chi connectivity index (χ4v) is 3.02. The van der Waals surface area contributed by atoms with Crippen molar-refractivity contribution in [2.75, 3.05) is 31.1 Å². The van der Waals surface area contributed by atoms with Crippen LogP contribution < -0.4 is 11.1 Å². The molecule has 19 heavy (non-hydrogen) atoms. The lowest BCUT2D eigenvalue weighted by molar-refractivity contribution is -0.137. The Balaban J connectivity index is 2.02. The number of thioether (sulfide) groups is 1. The van der Waals surface area contributed by atoms with Crippen LogP contribution in [0.2, 0.25) is 0 Å². The second-order valence-electron chi connectivity index (χ2n) is 4.30. The summed E-state index contributed by atoms with van der Waals surface area (Å²) in [6, 6.07) is 1.89. The predicted octanol–water partition coefficient (Wildman–Crippen LogP) is -0.0290. The topological polar surface area (TPSA) is 88.6 Å². The molecule has 104 valence electrons. The fourth-order valence-electron chi connectivity index (χ4n) is 2.09. The van der Waals surface area contributed by atoms with Crippen LogP contribution in [-0.4, -0.2) is 47.9 Å². The van der Waals surface area contributed by atoms with Crippen molar-refractivity contribution in [3.63, 3.8) is 0 Å². The molecule has 7 heteroatoms. The number of rotatable bonds is 4. The summed E-state index contributed by atoms with van der Waals surface area (Å²) in [7, 11) is 0. The van der Waals surface area contributed by atoms with Crippen molar-refractivity contribution in [3.05, 3.63) is 24.2 Å². The molecule has 2 heterocycles. The highest BCUT2D eigenvalue weighted by molar-refractivity contribution is 7.99. The Hall–Kier alpha value is -1.47. The van der Waals surface area contributed by atoms with Gasteiger partial charge in [-0.15, -0.1) is 0 Å². The number of nitrogens with zero attached hydrogens (tertiary/aromatic N) is 1. The van der Waals surface area contributed by atoms with Crippen LogP contribution in [0.15, 0.2) is 23.0 Å². The zero-order valence-electron chi connectivity index (χ0n) is 10.5. The van der Waals surface area contributed by atoms with Crippen molar-refractivity contribution in [2.24, 2.45) is 5.73 Å². The van der Waals surface area contributed by atoms with Gasteiger partial charge in [-0.25, -0.2) is 0 Å². The van der Waals surface area contributed by atoms with Crippen LogP contribution in [0.4, 0.5) is 0 Å². The summed E-state index contributed by atoms with van der Waals surface area (Å²) in [5, 5.41) is 2.56. The molecule has 6 nitrogen and oxygen atoms in total. The van der Waals surface area contributed by atoms with Crippen LogP contribution >= 0.6 is 11.8 Å². The molecule has 1 aliphatic rings. The van der Waals surface area contributed by atoms with Crippen LogP contribution in [0.1, 0.15) is 11.6 Å². The standard InChI is InChI=1S/C12H17N3O3S/c13-11(16)12(17)14-7-10(9-1-4-18-8-9)15-2-5-19-6-3-15/h1,4,8,10H,2-3,5-7H2,(H2,13,16)(H,14,17). The lowest BCUT2D eigenvalue weighted by Crippen LogP contribution is -2.44. The highest BCUT2D eigenvalue weighted by Gasteiger charge is 2.24. The number of carbonyl (C=O) groups is 2. The van der Waals surface area contributed by atoms with Crippen molar-refractivity contribution in [2.45, 2.75) is 6.04 Å². The largest absolute Gasteiger partial charge is 0.472 e. The molecule has 0 aromatic carbocycles. The number of amides is 2.